The van der Waals surface area contributed by atoms with Gasteiger partial charge in [-0.1, -0.05) is 13.8 Å². The van der Waals surface area contributed by atoms with E-state index in [0.29, 0.717) is 5.92 Å². The molecule has 3 heteroatoms. The van der Waals surface area contributed by atoms with Crippen LogP contribution in [0.4, 0.5) is 5.69 Å². The molecule has 0 fully saturated rings. The molecule has 0 aromatic heterocycles. The Bertz CT molecular complexity index is 350. The Morgan fingerprint density at radius 1 is 1.17 bits per heavy atom. The highest BCUT2D eigenvalue weighted by Crippen LogP contribution is 2.29. The highest BCUT2D eigenvalue weighted by Gasteiger charge is 2.07. The Balaban J connectivity index is 2.53. The Morgan fingerprint density at radius 2 is 1.89 bits per heavy atom. The van der Waals surface area contributed by atoms with E-state index in [9.17, 15) is 0 Å². The van der Waals surface area contributed by atoms with Crippen LogP contribution in [0.3, 0.4) is 0 Å². The van der Waals surface area contributed by atoms with Gasteiger partial charge in [0.15, 0.2) is 0 Å². The first-order valence-corrected chi connectivity index (χ1v) is 6.75. The lowest BCUT2D eigenvalue weighted by Gasteiger charge is -2.14. The van der Waals surface area contributed by atoms with Gasteiger partial charge in [0, 0.05) is 12.2 Å². The molecule has 0 spiro atoms. The number of ether oxygens (including phenoxy) is 1. The summed E-state index contributed by atoms with van der Waals surface area (Å²) in [5, 5.41) is 6.63. The van der Waals surface area contributed by atoms with Crippen LogP contribution in [0.1, 0.15) is 38.2 Å². The number of unbranched alkanes of at least 4 members (excludes halogenated alkanes) is 1. The molecule has 1 aromatic rings. The fourth-order valence-corrected chi connectivity index (χ4v) is 1.95. The first kappa shape index (κ1) is 14.8. The molecule has 2 N–H and O–H groups in total. The minimum Gasteiger partial charge on any atom is -0.496 e. The molecule has 0 aliphatic rings. The lowest BCUT2D eigenvalue weighted by atomic mass is 10.0. The molecule has 102 valence electrons. The highest BCUT2D eigenvalue weighted by atomic mass is 16.5. The molecule has 0 unspecified atom stereocenters. The van der Waals surface area contributed by atoms with Crippen LogP contribution in [0.5, 0.6) is 5.75 Å². The van der Waals surface area contributed by atoms with Crippen molar-refractivity contribution in [1.29, 1.82) is 0 Å². The van der Waals surface area contributed by atoms with E-state index < -0.39 is 0 Å². The number of hydrogen-bond donors (Lipinski definition) is 2. The van der Waals surface area contributed by atoms with Crippen LogP contribution in [0.25, 0.3) is 0 Å². The van der Waals surface area contributed by atoms with Crippen molar-refractivity contribution in [3.05, 3.63) is 23.8 Å². The second-order valence-corrected chi connectivity index (χ2v) is 4.85. The van der Waals surface area contributed by atoms with Crippen LogP contribution < -0.4 is 15.4 Å². The van der Waals surface area contributed by atoms with Crippen LogP contribution in [-0.2, 0) is 0 Å². The number of rotatable bonds is 8. The lowest BCUT2D eigenvalue weighted by Crippen LogP contribution is -2.10. The van der Waals surface area contributed by atoms with Gasteiger partial charge in [-0.15, -0.1) is 0 Å². The maximum atomic E-state index is 5.38. The predicted molar refractivity (Wildman–Crippen MR) is 78.7 cm³/mol. The number of nitrogens with one attached hydrogen (secondary N) is 2. The van der Waals surface area contributed by atoms with E-state index in [1.165, 1.54) is 24.1 Å². The molecular formula is C15H26N2O. The molecule has 0 saturated heterocycles. The van der Waals surface area contributed by atoms with Gasteiger partial charge in [-0.2, -0.15) is 0 Å². The van der Waals surface area contributed by atoms with E-state index in [0.717, 1.165) is 18.8 Å². The summed E-state index contributed by atoms with van der Waals surface area (Å²) in [7, 11) is 3.72. The Kier molecular flexibility index (Phi) is 6.58. The van der Waals surface area contributed by atoms with Crippen molar-refractivity contribution >= 4 is 5.69 Å². The fraction of sp³-hybridized carbons (Fsp3) is 0.600. The maximum absolute atomic E-state index is 5.38. The predicted octanol–water partition coefficient (Wildman–Crippen LogP) is 3.23. The standard InChI is InChI=1S/C15H26N2O/c1-12(2)14-11-13(7-8-15(14)18-4)17-10-6-5-9-16-3/h7-8,11-12,16-17H,5-6,9-10H2,1-4H3. The molecular weight excluding hydrogens is 224 g/mol. The maximum Gasteiger partial charge on any atom is 0.122 e. The molecule has 3 nitrogen and oxygen atoms in total. The van der Waals surface area contributed by atoms with Crippen molar-refractivity contribution in [1.82, 2.24) is 5.32 Å². The van der Waals surface area contributed by atoms with Gasteiger partial charge in [0.05, 0.1) is 7.11 Å². The normalized spacial score (nSPS) is 10.7. The monoisotopic (exact) mass is 250 g/mol. The van der Waals surface area contributed by atoms with E-state index in [1.807, 2.05) is 13.1 Å². The summed E-state index contributed by atoms with van der Waals surface area (Å²) in [6.45, 7) is 6.48. The first-order valence-electron chi connectivity index (χ1n) is 6.75. The van der Waals surface area contributed by atoms with Gasteiger partial charge in [0.1, 0.15) is 5.75 Å². The third kappa shape index (κ3) is 4.57. The average Bonchev–Trinajstić information content (AvgIpc) is 2.38. The SMILES string of the molecule is CNCCCCNc1ccc(OC)c(C(C)C)c1. The second kappa shape index (κ2) is 7.98. The van der Waals surface area contributed by atoms with Crippen molar-refractivity contribution in [3.8, 4) is 5.75 Å². The zero-order valence-electron chi connectivity index (χ0n) is 12.0. The smallest absolute Gasteiger partial charge is 0.122 e. The van der Waals surface area contributed by atoms with Gasteiger partial charge < -0.3 is 15.4 Å². The third-order valence-corrected chi connectivity index (χ3v) is 3.03. The van der Waals surface area contributed by atoms with Crippen molar-refractivity contribution < 1.29 is 4.74 Å². The van der Waals surface area contributed by atoms with E-state index >= 15 is 0 Å². The van der Waals surface area contributed by atoms with E-state index in [2.05, 4.69) is 36.6 Å². The minimum atomic E-state index is 0.478. The van der Waals surface area contributed by atoms with Gasteiger partial charge in [-0.25, -0.2) is 0 Å². The van der Waals surface area contributed by atoms with E-state index in [1.54, 1.807) is 7.11 Å². The molecule has 1 rings (SSSR count). The summed E-state index contributed by atoms with van der Waals surface area (Å²) < 4.78 is 5.38. The molecule has 0 radical (unpaired) electrons. The number of methoxy groups -OCH3 is 1. The largest absolute Gasteiger partial charge is 0.496 e. The molecule has 0 aliphatic heterocycles. The Morgan fingerprint density at radius 3 is 2.50 bits per heavy atom. The fourth-order valence-electron chi connectivity index (χ4n) is 1.95. The van der Waals surface area contributed by atoms with Gasteiger partial charge in [0.2, 0.25) is 0 Å². The summed E-state index contributed by atoms with van der Waals surface area (Å²) >= 11 is 0. The van der Waals surface area contributed by atoms with Crippen LogP contribution in [0, 0.1) is 0 Å². The summed E-state index contributed by atoms with van der Waals surface area (Å²) in [5.41, 5.74) is 2.45. The quantitative estimate of drug-likeness (QED) is 0.695. The highest BCUT2D eigenvalue weighted by molar-refractivity contribution is 5.52. The van der Waals surface area contributed by atoms with Crippen molar-refractivity contribution in [3.63, 3.8) is 0 Å². The van der Waals surface area contributed by atoms with Crippen molar-refractivity contribution in [2.45, 2.75) is 32.6 Å². The number of benzene rings is 1. The number of hydrogen-bond acceptors (Lipinski definition) is 3. The minimum absolute atomic E-state index is 0.478. The zero-order chi connectivity index (χ0) is 13.4. The van der Waals surface area contributed by atoms with E-state index in [4.69, 9.17) is 4.74 Å². The molecule has 0 atom stereocenters. The molecule has 0 bridgehead atoms. The molecule has 18 heavy (non-hydrogen) atoms. The number of anilines is 1. The van der Waals surface area contributed by atoms with Gasteiger partial charge in [-0.3, -0.25) is 0 Å². The molecule has 0 aliphatic carbocycles. The summed E-state index contributed by atoms with van der Waals surface area (Å²) in [4.78, 5) is 0. The van der Waals surface area contributed by atoms with Crippen molar-refractivity contribution in [2.75, 3.05) is 32.6 Å². The third-order valence-electron chi connectivity index (χ3n) is 3.03. The topological polar surface area (TPSA) is 33.3 Å². The Labute approximate surface area is 111 Å². The van der Waals surface area contributed by atoms with Crippen LogP contribution in [-0.4, -0.2) is 27.2 Å². The van der Waals surface area contributed by atoms with Gasteiger partial charge >= 0.3 is 0 Å². The Hall–Kier alpha value is -1.22. The van der Waals surface area contributed by atoms with Gasteiger partial charge in [-0.05, 0) is 56.1 Å². The summed E-state index contributed by atoms with van der Waals surface area (Å²) in [5.74, 6) is 1.46. The first-order chi connectivity index (χ1) is 8.69. The molecule has 0 heterocycles. The van der Waals surface area contributed by atoms with Crippen LogP contribution in [0.2, 0.25) is 0 Å². The molecule has 1 aromatic carbocycles. The van der Waals surface area contributed by atoms with Crippen LogP contribution >= 0.6 is 0 Å². The average molecular weight is 250 g/mol. The molecule has 0 saturated carbocycles. The second-order valence-electron chi connectivity index (χ2n) is 4.85. The van der Waals surface area contributed by atoms with Crippen LogP contribution in [0.15, 0.2) is 18.2 Å². The van der Waals surface area contributed by atoms with E-state index in [-0.39, 0.29) is 0 Å². The van der Waals surface area contributed by atoms with Gasteiger partial charge in [0.25, 0.3) is 0 Å². The lowest BCUT2D eigenvalue weighted by molar-refractivity contribution is 0.407. The summed E-state index contributed by atoms with van der Waals surface area (Å²) in [6, 6.07) is 6.33. The molecule has 0 amide bonds. The van der Waals surface area contributed by atoms with Crippen molar-refractivity contribution in [2.24, 2.45) is 0 Å². The summed E-state index contributed by atoms with van der Waals surface area (Å²) in [6.07, 6.45) is 2.39. The zero-order valence-corrected chi connectivity index (χ0v) is 12.0.